The van der Waals surface area contributed by atoms with Gasteiger partial charge in [0.1, 0.15) is 24.0 Å². The van der Waals surface area contributed by atoms with E-state index in [2.05, 4.69) is 0 Å². The van der Waals surface area contributed by atoms with Gasteiger partial charge in [-0.25, -0.2) is 13.6 Å². The van der Waals surface area contributed by atoms with Crippen LogP contribution in [0.3, 0.4) is 0 Å². The van der Waals surface area contributed by atoms with Crippen LogP contribution in [0.5, 0.6) is 5.75 Å². The van der Waals surface area contributed by atoms with Gasteiger partial charge in [0.05, 0.1) is 0 Å². The summed E-state index contributed by atoms with van der Waals surface area (Å²) in [5.41, 5.74) is 0.312. The summed E-state index contributed by atoms with van der Waals surface area (Å²) in [5, 5.41) is 9.14. The van der Waals surface area contributed by atoms with Gasteiger partial charge in [0.25, 0.3) is 0 Å². The van der Waals surface area contributed by atoms with Crippen LogP contribution in [0, 0.1) is 11.6 Å². The predicted octanol–water partition coefficient (Wildman–Crippen LogP) is 4.26. The van der Waals surface area contributed by atoms with Crippen LogP contribution >= 0.6 is 11.3 Å². The molecule has 0 unspecified atom stereocenters. The number of aryl methyl sites for hydroxylation is 1. The van der Waals surface area contributed by atoms with Crippen LogP contribution in [0.1, 0.15) is 33.5 Å². The highest BCUT2D eigenvalue weighted by atomic mass is 32.1. The number of ether oxygens (including phenoxy) is 1. The van der Waals surface area contributed by atoms with Gasteiger partial charge in [-0.1, -0.05) is 13.3 Å². The molecule has 2 rings (SSSR count). The lowest BCUT2D eigenvalue weighted by atomic mass is 10.2. The summed E-state index contributed by atoms with van der Waals surface area (Å²) < 4.78 is 31.6. The summed E-state index contributed by atoms with van der Waals surface area (Å²) >= 11 is 1.16. The van der Waals surface area contributed by atoms with E-state index in [-0.39, 0.29) is 17.2 Å². The number of carbonyl (C=O) groups is 1. The molecular weight excluding hydrogens is 298 g/mol. The molecule has 0 atom stereocenters. The third-order valence-electron chi connectivity index (χ3n) is 2.76. The molecule has 0 aliphatic rings. The van der Waals surface area contributed by atoms with Crippen LogP contribution in [0.4, 0.5) is 8.78 Å². The molecule has 2 aromatic rings. The number of benzene rings is 1. The number of thiophene rings is 1. The van der Waals surface area contributed by atoms with Crippen molar-refractivity contribution < 1.29 is 23.4 Å². The van der Waals surface area contributed by atoms with E-state index in [1.54, 1.807) is 6.07 Å². The zero-order valence-electron chi connectivity index (χ0n) is 11.4. The molecule has 3 nitrogen and oxygen atoms in total. The van der Waals surface area contributed by atoms with E-state index >= 15 is 0 Å². The second kappa shape index (κ2) is 6.67. The zero-order chi connectivity index (χ0) is 15.4. The standard InChI is InChI=1S/C15H14F2O3S/c1-2-3-12-7-13(14(21-12)15(18)19)20-8-9-4-10(16)6-11(17)5-9/h4-7H,2-3,8H2,1H3,(H,18,19). The van der Waals surface area contributed by atoms with Gasteiger partial charge in [-0.3, -0.25) is 0 Å². The lowest BCUT2D eigenvalue weighted by molar-refractivity contribution is 0.0697. The van der Waals surface area contributed by atoms with Gasteiger partial charge >= 0.3 is 5.97 Å². The second-order valence-corrected chi connectivity index (χ2v) is 5.66. The summed E-state index contributed by atoms with van der Waals surface area (Å²) in [4.78, 5) is 12.2. The molecule has 0 aliphatic heterocycles. The van der Waals surface area contributed by atoms with Crippen molar-refractivity contribution in [3.63, 3.8) is 0 Å². The maximum absolute atomic E-state index is 13.1. The van der Waals surface area contributed by atoms with E-state index in [9.17, 15) is 13.6 Å². The van der Waals surface area contributed by atoms with Crippen molar-refractivity contribution in [2.45, 2.75) is 26.4 Å². The molecule has 0 radical (unpaired) electrons. The summed E-state index contributed by atoms with van der Waals surface area (Å²) in [6, 6.07) is 4.76. The maximum atomic E-state index is 13.1. The van der Waals surface area contributed by atoms with Gasteiger partial charge < -0.3 is 9.84 Å². The Morgan fingerprint density at radius 1 is 1.24 bits per heavy atom. The van der Waals surface area contributed by atoms with Crippen molar-refractivity contribution in [3.05, 3.63) is 51.2 Å². The van der Waals surface area contributed by atoms with Gasteiger partial charge in [0.2, 0.25) is 0 Å². The van der Waals surface area contributed by atoms with E-state index < -0.39 is 17.6 Å². The fraction of sp³-hybridized carbons (Fsp3) is 0.267. The minimum absolute atomic E-state index is 0.0861. The quantitative estimate of drug-likeness (QED) is 0.867. The molecule has 0 fully saturated rings. The highest BCUT2D eigenvalue weighted by Crippen LogP contribution is 2.31. The molecule has 0 saturated heterocycles. The third kappa shape index (κ3) is 4.01. The first kappa shape index (κ1) is 15.4. The normalized spacial score (nSPS) is 10.6. The number of aromatic carboxylic acids is 1. The Morgan fingerprint density at radius 2 is 1.90 bits per heavy atom. The molecular formula is C15H14F2O3S. The van der Waals surface area contributed by atoms with Crippen LogP contribution in [0.15, 0.2) is 24.3 Å². The largest absolute Gasteiger partial charge is 0.487 e. The molecule has 1 aromatic heterocycles. The number of hydrogen-bond acceptors (Lipinski definition) is 3. The summed E-state index contributed by atoms with van der Waals surface area (Å²) in [6.45, 7) is 1.91. The molecule has 0 aliphatic carbocycles. The Hall–Kier alpha value is -1.95. The van der Waals surface area contributed by atoms with E-state index in [1.807, 2.05) is 6.92 Å². The maximum Gasteiger partial charge on any atom is 0.349 e. The average molecular weight is 312 g/mol. The number of carboxylic acid groups (broad SMARTS) is 1. The smallest absolute Gasteiger partial charge is 0.349 e. The first-order valence-electron chi connectivity index (χ1n) is 6.43. The van der Waals surface area contributed by atoms with Crippen molar-refractivity contribution in [1.82, 2.24) is 0 Å². The molecule has 0 amide bonds. The highest BCUT2D eigenvalue weighted by molar-refractivity contribution is 7.14. The molecule has 112 valence electrons. The first-order chi connectivity index (χ1) is 9.99. The number of carboxylic acids is 1. The van der Waals surface area contributed by atoms with E-state index in [0.29, 0.717) is 5.56 Å². The Morgan fingerprint density at radius 3 is 2.48 bits per heavy atom. The summed E-state index contributed by atoms with van der Waals surface area (Å²) in [5.74, 6) is -2.21. The Bertz CT molecular complexity index is 632. The van der Waals surface area contributed by atoms with Crippen LogP contribution in [-0.2, 0) is 13.0 Å². The first-order valence-corrected chi connectivity index (χ1v) is 7.25. The lowest BCUT2D eigenvalue weighted by Crippen LogP contribution is -2.01. The number of rotatable bonds is 6. The topological polar surface area (TPSA) is 46.5 Å². The van der Waals surface area contributed by atoms with Crippen molar-refractivity contribution in [2.24, 2.45) is 0 Å². The van der Waals surface area contributed by atoms with Crippen LogP contribution in [-0.4, -0.2) is 11.1 Å². The molecule has 21 heavy (non-hydrogen) atoms. The molecule has 1 heterocycles. The van der Waals surface area contributed by atoms with E-state index in [0.717, 1.165) is 47.3 Å². The lowest BCUT2D eigenvalue weighted by Gasteiger charge is -2.06. The zero-order valence-corrected chi connectivity index (χ0v) is 12.2. The monoisotopic (exact) mass is 312 g/mol. The predicted molar refractivity (Wildman–Crippen MR) is 76.0 cm³/mol. The molecule has 6 heteroatoms. The molecule has 0 saturated carbocycles. The van der Waals surface area contributed by atoms with Crippen molar-refractivity contribution in [1.29, 1.82) is 0 Å². The Balaban J connectivity index is 2.16. The SMILES string of the molecule is CCCc1cc(OCc2cc(F)cc(F)c2)c(C(=O)O)s1. The van der Waals surface area contributed by atoms with Crippen molar-refractivity contribution >= 4 is 17.3 Å². The Kier molecular flexibility index (Phi) is 4.90. The fourth-order valence-corrected chi connectivity index (χ4v) is 2.94. The Labute approximate surface area is 124 Å². The van der Waals surface area contributed by atoms with E-state index in [4.69, 9.17) is 9.84 Å². The molecule has 1 aromatic carbocycles. The van der Waals surface area contributed by atoms with Gasteiger partial charge in [-0.15, -0.1) is 11.3 Å². The number of hydrogen-bond donors (Lipinski definition) is 1. The molecule has 1 N–H and O–H groups in total. The van der Waals surface area contributed by atoms with Crippen molar-refractivity contribution in [2.75, 3.05) is 0 Å². The van der Waals surface area contributed by atoms with Crippen LogP contribution < -0.4 is 4.74 Å². The molecule has 0 spiro atoms. The van der Waals surface area contributed by atoms with Crippen LogP contribution in [0.2, 0.25) is 0 Å². The summed E-state index contributed by atoms with van der Waals surface area (Å²) in [7, 11) is 0. The highest BCUT2D eigenvalue weighted by Gasteiger charge is 2.16. The van der Waals surface area contributed by atoms with E-state index in [1.165, 1.54) is 0 Å². The average Bonchev–Trinajstić information content (AvgIpc) is 2.79. The minimum Gasteiger partial charge on any atom is -0.487 e. The second-order valence-electron chi connectivity index (χ2n) is 4.53. The van der Waals surface area contributed by atoms with Crippen LogP contribution in [0.25, 0.3) is 0 Å². The fourth-order valence-electron chi connectivity index (χ4n) is 1.90. The van der Waals surface area contributed by atoms with Gasteiger partial charge in [-0.2, -0.15) is 0 Å². The van der Waals surface area contributed by atoms with Crippen molar-refractivity contribution in [3.8, 4) is 5.75 Å². The summed E-state index contributed by atoms with van der Waals surface area (Å²) in [6.07, 6.45) is 1.66. The third-order valence-corrected chi connectivity index (χ3v) is 3.92. The van der Waals surface area contributed by atoms with Gasteiger partial charge in [-0.05, 0) is 30.2 Å². The minimum atomic E-state index is -1.07. The van der Waals surface area contributed by atoms with Gasteiger partial charge in [0, 0.05) is 10.9 Å². The molecule has 0 bridgehead atoms. The number of halogens is 2. The van der Waals surface area contributed by atoms with Gasteiger partial charge in [0.15, 0.2) is 4.88 Å².